The minimum atomic E-state index is -0.433. The fraction of sp³-hybridized carbons (Fsp3) is 0.571. The fourth-order valence-corrected chi connectivity index (χ4v) is 4.94. The highest BCUT2D eigenvalue weighted by atomic mass is 16.5. The summed E-state index contributed by atoms with van der Waals surface area (Å²) in [6.45, 7) is 6.59. The number of carbonyl (C=O) groups is 1. The third-order valence-electron chi connectivity index (χ3n) is 6.36. The zero-order chi connectivity index (χ0) is 19.1. The number of aliphatic hydroxyl groups excluding tert-OH is 1. The van der Waals surface area contributed by atoms with E-state index in [0.29, 0.717) is 11.8 Å². The van der Waals surface area contributed by atoms with E-state index in [1.165, 1.54) is 23.6 Å². The third-order valence-corrected chi connectivity index (χ3v) is 6.36. The van der Waals surface area contributed by atoms with Gasteiger partial charge in [-0.05, 0) is 55.4 Å². The van der Waals surface area contributed by atoms with Gasteiger partial charge in [0.15, 0.2) is 0 Å². The van der Waals surface area contributed by atoms with Crippen molar-refractivity contribution in [3.05, 3.63) is 29.5 Å². The second kappa shape index (κ2) is 7.17. The highest BCUT2D eigenvalue weighted by Crippen LogP contribution is 2.37. The van der Waals surface area contributed by atoms with Crippen molar-refractivity contribution in [3.8, 4) is 5.75 Å². The number of hydrogen-bond donors (Lipinski definition) is 3. The van der Waals surface area contributed by atoms with Gasteiger partial charge < -0.3 is 20.1 Å². The number of aromatic amines is 1. The molecule has 146 valence electrons. The van der Waals surface area contributed by atoms with Crippen LogP contribution in [-0.2, 0) is 11.3 Å². The summed E-state index contributed by atoms with van der Waals surface area (Å²) in [6.07, 6.45) is 1.21. The van der Waals surface area contributed by atoms with Crippen molar-refractivity contribution in [3.63, 3.8) is 0 Å². The van der Waals surface area contributed by atoms with Crippen molar-refractivity contribution in [2.45, 2.75) is 45.4 Å². The van der Waals surface area contributed by atoms with Gasteiger partial charge >= 0.3 is 0 Å². The topological polar surface area (TPSA) is 77.6 Å². The van der Waals surface area contributed by atoms with Crippen LogP contribution in [0.5, 0.6) is 5.75 Å². The van der Waals surface area contributed by atoms with Crippen molar-refractivity contribution in [1.82, 2.24) is 15.2 Å². The Balaban J connectivity index is 1.46. The first-order valence-corrected chi connectivity index (χ1v) is 9.77. The van der Waals surface area contributed by atoms with E-state index in [1.54, 1.807) is 7.11 Å². The maximum atomic E-state index is 11.4. The number of methoxy groups -OCH3 is 1. The van der Waals surface area contributed by atoms with Crippen LogP contribution in [0.2, 0.25) is 0 Å². The molecule has 27 heavy (non-hydrogen) atoms. The van der Waals surface area contributed by atoms with Crippen LogP contribution in [0, 0.1) is 18.8 Å². The number of nitrogens with zero attached hydrogens (tertiary/aromatic N) is 1. The molecule has 4 atom stereocenters. The molecule has 2 aliphatic rings. The average Bonchev–Trinajstić information content (AvgIpc) is 3.15. The van der Waals surface area contributed by atoms with Crippen LogP contribution in [0.1, 0.15) is 31.0 Å². The van der Waals surface area contributed by atoms with E-state index in [2.05, 4.69) is 34.3 Å². The van der Waals surface area contributed by atoms with Crippen LogP contribution < -0.4 is 10.1 Å². The molecular weight excluding hydrogens is 342 g/mol. The van der Waals surface area contributed by atoms with Crippen molar-refractivity contribution in [2.24, 2.45) is 11.8 Å². The normalized spacial score (nSPS) is 28.3. The lowest BCUT2D eigenvalue weighted by atomic mass is 9.77. The minimum absolute atomic E-state index is 0.0588. The molecule has 4 rings (SSSR count). The number of ether oxygens (including phenoxy) is 1. The molecule has 2 fully saturated rings. The van der Waals surface area contributed by atoms with Crippen molar-refractivity contribution in [1.29, 1.82) is 0 Å². The van der Waals surface area contributed by atoms with Gasteiger partial charge in [-0.1, -0.05) is 0 Å². The Labute approximate surface area is 159 Å². The number of H-pyrrole nitrogens is 1. The molecule has 1 amide bonds. The van der Waals surface area contributed by atoms with Crippen LogP contribution in [-0.4, -0.2) is 53.2 Å². The number of amides is 1. The molecule has 1 saturated carbocycles. The Morgan fingerprint density at radius 3 is 2.78 bits per heavy atom. The molecule has 1 saturated heterocycles. The van der Waals surface area contributed by atoms with E-state index in [-0.39, 0.29) is 11.9 Å². The number of carbonyl (C=O) groups excluding carboxylic acids is 1. The molecule has 1 aliphatic heterocycles. The Morgan fingerprint density at radius 2 is 2.07 bits per heavy atom. The van der Waals surface area contributed by atoms with Crippen LogP contribution in [0.15, 0.2) is 18.2 Å². The lowest BCUT2D eigenvalue weighted by molar-refractivity contribution is -0.121. The van der Waals surface area contributed by atoms with Gasteiger partial charge in [0.2, 0.25) is 5.91 Å². The van der Waals surface area contributed by atoms with Gasteiger partial charge in [-0.15, -0.1) is 0 Å². The van der Waals surface area contributed by atoms with Crippen LogP contribution in [0.3, 0.4) is 0 Å². The first-order valence-electron chi connectivity index (χ1n) is 9.77. The summed E-state index contributed by atoms with van der Waals surface area (Å²) in [6, 6.07) is 6.03. The van der Waals surface area contributed by atoms with Crippen LogP contribution >= 0.6 is 0 Å². The number of likely N-dealkylation sites (tertiary alicyclic amines) is 1. The second-order valence-electron chi connectivity index (χ2n) is 8.20. The molecule has 1 aliphatic carbocycles. The van der Waals surface area contributed by atoms with E-state index >= 15 is 0 Å². The zero-order valence-corrected chi connectivity index (χ0v) is 16.3. The number of nitrogens with one attached hydrogen (secondary N) is 2. The number of aliphatic hydroxyl groups is 1. The summed E-state index contributed by atoms with van der Waals surface area (Å²) in [5.41, 5.74) is 3.66. The average molecular weight is 371 g/mol. The van der Waals surface area contributed by atoms with Gasteiger partial charge in [0.25, 0.3) is 0 Å². The summed E-state index contributed by atoms with van der Waals surface area (Å²) < 4.78 is 5.35. The summed E-state index contributed by atoms with van der Waals surface area (Å²) in [7, 11) is 1.69. The molecule has 3 N–H and O–H groups in total. The largest absolute Gasteiger partial charge is 0.497 e. The summed E-state index contributed by atoms with van der Waals surface area (Å²) >= 11 is 0. The lowest BCUT2D eigenvalue weighted by Crippen LogP contribution is -2.48. The number of hydrogen-bond acceptors (Lipinski definition) is 4. The summed E-state index contributed by atoms with van der Waals surface area (Å²) in [5.74, 6) is 1.86. The SMILES string of the molecule is COc1ccc2[nH]c(CN3C[C@H]4C[C@@H](NC(C)=O)[C@H](O)C[C@H]4C3)c(C)c2c1. The molecule has 1 aromatic carbocycles. The number of rotatable bonds is 4. The molecular formula is C21H29N3O3. The zero-order valence-electron chi connectivity index (χ0n) is 16.3. The monoisotopic (exact) mass is 371 g/mol. The maximum absolute atomic E-state index is 11.4. The van der Waals surface area contributed by atoms with Crippen molar-refractivity contribution in [2.75, 3.05) is 20.2 Å². The van der Waals surface area contributed by atoms with Gasteiger partial charge in [0, 0.05) is 43.2 Å². The number of benzene rings is 1. The maximum Gasteiger partial charge on any atom is 0.217 e. The van der Waals surface area contributed by atoms with E-state index in [4.69, 9.17) is 4.74 Å². The first-order chi connectivity index (χ1) is 12.9. The number of aryl methyl sites for hydroxylation is 1. The van der Waals surface area contributed by atoms with Crippen molar-refractivity contribution >= 4 is 16.8 Å². The lowest BCUT2D eigenvalue weighted by Gasteiger charge is -2.35. The molecule has 1 aromatic heterocycles. The van der Waals surface area contributed by atoms with Gasteiger partial charge in [0.05, 0.1) is 19.3 Å². The first kappa shape index (κ1) is 18.3. The quantitative estimate of drug-likeness (QED) is 0.770. The molecule has 2 heterocycles. The molecule has 0 spiro atoms. The standard InChI is InChI=1S/C21H29N3O3/c1-12-17-8-16(27-3)4-5-18(17)23-20(12)11-24-9-14-6-19(22-13(2)25)21(26)7-15(14)10-24/h4-5,8,14-15,19,21,23,26H,6-7,9-11H2,1-3H3,(H,22,25)/t14-,15+,19-,21-/m1/s1. The predicted octanol–water partition coefficient (Wildman–Crippen LogP) is 2.19. The minimum Gasteiger partial charge on any atom is -0.497 e. The number of aromatic nitrogens is 1. The Bertz CT molecular complexity index is 847. The van der Waals surface area contributed by atoms with E-state index in [9.17, 15) is 9.90 Å². The van der Waals surface area contributed by atoms with E-state index < -0.39 is 6.10 Å². The van der Waals surface area contributed by atoms with Crippen LogP contribution in [0.25, 0.3) is 10.9 Å². The van der Waals surface area contributed by atoms with Crippen LogP contribution in [0.4, 0.5) is 0 Å². The highest BCUT2D eigenvalue weighted by molar-refractivity contribution is 5.85. The molecule has 6 heteroatoms. The third kappa shape index (κ3) is 3.56. The van der Waals surface area contributed by atoms with Gasteiger partial charge in [0.1, 0.15) is 5.75 Å². The Kier molecular flexibility index (Phi) is 4.86. The highest BCUT2D eigenvalue weighted by Gasteiger charge is 2.42. The summed E-state index contributed by atoms with van der Waals surface area (Å²) in [4.78, 5) is 17.4. The van der Waals surface area contributed by atoms with Gasteiger partial charge in [-0.2, -0.15) is 0 Å². The molecule has 0 unspecified atom stereocenters. The molecule has 2 aromatic rings. The predicted molar refractivity (Wildman–Crippen MR) is 105 cm³/mol. The number of fused-ring (bicyclic) bond motifs is 2. The van der Waals surface area contributed by atoms with Gasteiger partial charge in [-0.25, -0.2) is 0 Å². The molecule has 0 bridgehead atoms. The van der Waals surface area contributed by atoms with E-state index in [0.717, 1.165) is 43.7 Å². The van der Waals surface area contributed by atoms with Gasteiger partial charge in [-0.3, -0.25) is 9.69 Å². The second-order valence-corrected chi connectivity index (χ2v) is 8.20. The smallest absolute Gasteiger partial charge is 0.217 e. The summed E-state index contributed by atoms with van der Waals surface area (Å²) in [5, 5.41) is 14.5. The fourth-order valence-electron chi connectivity index (χ4n) is 4.94. The Morgan fingerprint density at radius 1 is 1.33 bits per heavy atom. The molecule has 0 radical (unpaired) electrons. The molecule has 6 nitrogen and oxygen atoms in total. The van der Waals surface area contributed by atoms with E-state index in [1.807, 2.05) is 6.07 Å². The van der Waals surface area contributed by atoms with Crippen molar-refractivity contribution < 1.29 is 14.6 Å². The Hall–Kier alpha value is -2.05.